The highest BCUT2D eigenvalue weighted by atomic mass is 19.1. The topological polar surface area (TPSA) is 81.8 Å². The molecule has 0 saturated heterocycles. The van der Waals surface area contributed by atoms with Crippen molar-refractivity contribution in [3.63, 3.8) is 0 Å². The van der Waals surface area contributed by atoms with Crippen molar-refractivity contribution in [2.24, 2.45) is 7.05 Å². The van der Waals surface area contributed by atoms with E-state index in [4.69, 9.17) is 0 Å². The van der Waals surface area contributed by atoms with E-state index < -0.39 is 11.2 Å². The highest BCUT2D eigenvalue weighted by molar-refractivity contribution is 5.74. The molecule has 7 nitrogen and oxygen atoms in total. The van der Waals surface area contributed by atoms with E-state index in [0.717, 1.165) is 15.7 Å². The summed E-state index contributed by atoms with van der Waals surface area (Å²) < 4.78 is 15.8. The molecule has 0 aliphatic heterocycles. The predicted octanol–water partition coefficient (Wildman–Crippen LogP) is 2.58. The summed E-state index contributed by atoms with van der Waals surface area (Å²) in [5.41, 5.74) is 1.78. The highest BCUT2D eigenvalue weighted by Gasteiger charge is 2.15. The van der Waals surface area contributed by atoms with Gasteiger partial charge in [0.2, 0.25) is 5.95 Å². The number of hydrogen-bond acceptors (Lipinski definition) is 5. The molecular weight excluding hydrogens is 385 g/mol. The molecule has 4 aromatic rings. The Balaban J connectivity index is 1.69. The maximum atomic E-state index is 13.3. The molecule has 8 heteroatoms. The lowest BCUT2D eigenvalue weighted by molar-refractivity contribution is 0.625. The summed E-state index contributed by atoms with van der Waals surface area (Å²) in [6.45, 7) is 2.36. The van der Waals surface area contributed by atoms with Crippen molar-refractivity contribution >= 4 is 17.0 Å². The molecule has 0 aliphatic rings. The van der Waals surface area contributed by atoms with Gasteiger partial charge in [-0.05, 0) is 48.7 Å². The summed E-state index contributed by atoms with van der Waals surface area (Å²) in [5.74, 6) is -0.0162. The molecule has 0 aliphatic carbocycles. The number of hydrogen-bond donors (Lipinski definition) is 1. The van der Waals surface area contributed by atoms with Crippen LogP contribution < -0.4 is 16.6 Å². The lowest BCUT2D eigenvalue weighted by Crippen LogP contribution is -2.38. The van der Waals surface area contributed by atoms with E-state index in [2.05, 4.69) is 15.3 Å². The van der Waals surface area contributed by atoms with Gasteiger partial charge in [0, 0.05) is 13.6 Å². The van der Waals surface area contributed by atoms with Crippen LogP contribution in [0.1, 0.15) is 11.1 Å². The molecule has 152 valence electrons. The SMILES string of the molecule is Cc1cccc(-n2c(=O)c3nc(NCCc4cccc(F)c4)ncc3n(C)c2=O)c1. The van der Waals surface area contributed by atoms with Gasteiger partial charge in [-0.1, -0.05) is 24.3 Å². The van der Waals surface area contributed by atoms with E-state index in [1.54, 1.807) is 31.3 Å². The fourth-order valence-corrected chi connectivity index (χ4v) is 3.32. The van der Waals surface area contributed by atoms with Gasteiger partial charge in [-0.15, -0.1) is 0 Å². The van der Waals surface area contributed by atoms with Crippen molar-refractivity contribution in [3.05, 3.63) is 92.5 Å². The Kier molecular flexibility index (Phi) is 5.14. The van der Waals surface area contributed by atoms with Crippen LogP contribution in [0.3, 0.4) is 0 Å². The Morgan fingerprint density at radius 1 is 1.10 bits per heavy atom. The fraction of sp³-hybridized carbons (Fsp3) is 0.182. The van der Waals surface area contributed by atoms with Crippen molar-refractivity contribution in [1.29, 1.82) is 0 Å². The second-order valence-corrected chi connectivity index (χ2v) is 7.06. The van der Waals surface area contributed by atoms with Gasteiger partial charge in [0.25, 0.3) is 5.56 Å². The third-order valence-corrected chi connectivity index (χ3v) is 4.86. The molecule has 2 aromatic carbocycles. The number of rotatable bonds is 5. The Morgan fingerprint density at radius 2 is 1.90 bits per heavy atom. The zero-order valence-corrected chi connectivity index (χ0v) is 16.6. The van der Waals surface area contributed by atoms with E-state index in [-0.39, 0.29) is 17.3 Å². The van der Waals surface area contributed by atoms with Crippen molar-refractivity contribution in [1.82, 2.24) is 19.1 Å². The largest absolute Gasteiger partial charge is 0.354 e. The molecule has 0 radical (unpaired) electrons. The first-order valence-electron chi connectivity index (χ1n) is 9.48. The average Bonchev–Trinajstić information content (AvgIpc) is 2.72. The van der Waals surface area contributed by atoms with Crippen LogP contribution in [0.2, 0.25) is 0 Å². The number of anilines is 1. The second-order valence-electron chi connectivity index (χ2n) is 7.06. The maximum absolute atomic E-state index is 13.3. The summed E-state index contributed by atoms with van der Waals surface area (Å²) >= 11 is 0. The smallest absolute Gasteiger partial charge is 0.336 e. The van der Waals surface area contributed by atoms with Gasteiger partial charge in [0.05, 0.1) is 17.4 Å². The molecule has 0 atom stereocenters. The number of aromatic nitrogens is 4. The molecule has 1 N–H and O–H groups in total. The first-order chi connectivity index (χ1) is 14.4. The van der Waals surface area contributed by atoms with Gasteiger partial charge in [0.1, 0.15) is 5.82 Å². The predicted molar refractivity (Wildman–Crippen MR) is 114 cm³/mol. The first-order valence-corrected chi connectivity index (χ1v) is 9.48. The van der Waals surface area contributed by atoms with Gasteiger partial charge >= 0.3 is 5.69 Å². The molecular formula is C22H20FN5O2. The Hall–Kier alpha value is -3.81. The molecule has 0 fully saturated rings. The van der Waals surface area contributed by atoms with Crippen molar-refractivity contribution in [3.8, 4) is 5.69 Å². The summed E-state index contributed by atoms with van der Waals surface area (Å²) in [4.78, 5) is 34.4. The van der Waals surface area contributed by atoms with Crippen LogP contribution in [0.15, 0.2) is 64.3 Å². The summed E-state index contributed by atoms with van der Waals surface area (Å²) in [6, 6.07) is 13.5. The second kappa shape index (κ2) is 7.90. The third kappa shape index (κ3) is 3.71. The van der Waals surface area contributed by atoms with Crippen molar-refractivity contribution in [2.75, 3.05) is 11.9 Å². The first kappa shape index (κ1) is 19.5. The standard InChI is InChI=1S/C22H20FN5O2/c1-14-5-3-8-17(11-14)28-20(29)19-18(27(2)22(28)30)13-25-21(26-19)24-10-9-15-6-4-7-16(23)12-15/h3-8,11-13H,9-10H2,1-2H3,(H,24,25,26). The molecule has 2 heterocycles. The molecule has 0 unspecified atom stereocenters. The number of fused-ring (bicyclic) bond motifs is 1. The number of halogens is 1. The average molecular weight is 405 g/mol. The van der Waals surface area contributed by atoms with Gasteiger partial charge in [-0.25, -0.2) is 23.7 Å². The van der Waals surface area contributed by atoms with Gasteiger partial charge < -0.3 is 5.32 Å². The van der Waals surface area contributed by atoms with E-state index in [1.165, 1.54) is 22.9 Å². The molecule has 30 heavy (non-hydrogen) atoms. The minimum Gasteiger partial charge on any atom is -0.354 e. The van der Waals surface area contributed by atoms with Crippen molar-refractivity contribution in [2.45, 2.75) is 13.3 Å². The summed E-state index contributed by atoms with van der Waals surface area (Å²) in [7, 11) is 1.58. The van der Waals surface area contributed by atoms with Crippen molar-refractivity contribution < 1.29 is 4.39 Å². The Bertz CT molecular complexity index is 1360. The Labute approximate surface area is 171 Å². The molecule has 0 saturated carbocycles. The monoisotopic (exact) mass is 405 g/mol. The van der Waals surface area contributed by atoms with Gasteiger partial charge in [-0.3, -0.25) is 9.36 Å². The van der Waals surface area contributed by atoms with Crippen LogP contribution in [-0.4, -0.2) is 25.6 Å². The van der Waals surface area contributed by atoms with Crippen LogP contribution in [0.5, 0.6) is 0 Å². The quantitative estimate of drug-likeness (QED) is 0.552. The van der Waals surface area contributed by atoms with E-state index in [0.29, 0.717) is 24.2 Å². The molecule has 0 spiro atoms. The lowest BCUT2D eigenvalue weighted by atomic mass is 10.1. The van der Waals surface area contributed by atoms with Crippen LogP contribution >= 0.6 is 0 Å². The normalized spacial score (nSPS) is 11.0. The number of benzene rings is 2. The molecule has 0 bridgehead atoms. The van der Waals surface area contributed by atoms with Crippen LogP contribution in [-0.2, 0) is 13.5 Å². The molecule has 4 rings (SSSR count). The van der Waals surface area contributed by atoms with E-state index in [1.807, 2.05) is 19.1 Å². The van der Waals surface area contributed by atoms with Crippen LogP contribution in [0.25, 0.3) is 16.7 Å². The van der Waals surface area contributed by atoms with E-state index >= 15 is 0 Å². The minimum atomic E-state index is -0.505. The minimum absolute atomic E-state index is 0.141. The van der Waals surface area contributed by atoms with E-state index in [9.17, 15) is 14.0 Å². The summed E-state index contributed by atoms with van der Waals surface area (Å²) in [6.07, 6.45) is 2.02. The number of nitrogens with one attached hydrogen (secondary N) is 1. The summed E-state index contributed by atoms with van der Waals surface area (Å²) in [5, 5.41) is 3.05. The number of nitrogens with zero attached hydrogens (tertiary/aromatic N) is 4. The molecule has 2 aromatic heterocycles. The number of aryl methyl sites for hydroxylation is 2. The highest BCUT2D eigenvalue weighted by Crippen LogP contribution is 2.11. The van der Waals surface area contributed by atoms with Gasteiger partial charge in [-0.2, -0.15) is 0 Å². The maximum Gasteiger partial charge on any atom is 0.336 e. The zero-order chi connectivity index (χ0) is 21.3. The van der Waals surface area contributed by atoms with Crippen LogP contribution in [0, 0.1) is 12.7 Å². The molecule has 0 amide bonds. The Morgan fingerprint density at radius 3 is 2.67 bits per heavy atom. The van der Waals surface area contributed by atoms with Gasteiger partial charge in [0.15, 0.2) is 5.52 Å². The fourth-order valence-electron chi connectivity index (χ4n) is 3.32. The third-order valence-electron chi connectivity index (χ3n) is 4.86. The lowest BCUT2D eigenvalue weighted by Gasteiger charge is -2.11. The van der Waals surface area contributed by atoms with Crippen LogP contribution in [0.4, 0.5) is 10.3 Å². The zero-order valence-electron chi connectivity index (χ0n) is 16.6.